The van der Waals surface area contributed by atoms with E-state index in [1.807, 2.05) is 0 Å². The molecule has 0 aromatic heterocycles. The summed E-state index contributed by atoms with van der Waals surface area (Å²) in [5.41, 5.74) is 4.79. The monoisotopic (exact) mass is 290 g/mol. The van der Waals surface area contributed by atoms with Crippen LogP contribution in [0.5, 0.6) is 0 Å². The predicted octanol–water partition coefficient (Wildman–Crippen LogP) is 1.80. The summed E-state index contributed by atoms with van der Waals surface area (Å²) >= 11 is 0. The molecule has 0 aliphatic carbocycles. The van der Waals surface area contributed by atoms with Gasteiger partial charge >= 0.3 is 6.18 Å². The number of alkyl halides is 3. The third-order valence-corrected chi connectivity index (χ3v) is 2.63. The zero-order valence-electron chi connectivity index (χ0n) is 11.0. The Kier molecular flexibility index (Phi) is 5.97. The summed E-state index contributed by atoms with van der Waals surface area (Å²) in [4.78, 5) is 11.7. The molecule has 20 heavy (non-hydrogen) atoms. The normalized spacial score (nSPS) is 13.1. The Morgan fingerprint density at radius 2 is 2.15 bits per heavy atom. The lowest BCUT2D eigenvalue weighted by molar-refractivity contribution is -0.137. The average molecular weight is 290 g/mol. The van der Waals surface area contributed by atoms with Crippen LogP contribution in [0, 0.1) is 0 Å². The summed E-state index contributed by atoms with van der Waals surface area (Å²) < 4.78 is 42.4. The molecule has 0 radical (unpaired) electrons. The van der Waals surface area contributed by atoms with Crippen LogP contribution in [-0.2, 0) is 10.9 Å². The van der Waals surface area contributed by atoms with Crippen molar-refractivity contribution in [2.45, 2.75) is 18.6 Å². The molecule has 1 aromatic carbocycles. The summed E-state index contributed by atoms with van der Waals surface area (Å²) in [6.07, 6.45) is -3.98. The number of hydrogen-bond acceptors (Lipinski definition) is 3. The van der Waals surface area contributed by atoms with Gasteiger partial charge < -0.3 is 15.8 Å². The van der Waals surface area contributed by atoms with E-state index < -0.39 is 17.6 Å². The van der Waals surface area contributed by atoms with Gasteiger partial charge in [-0.2, -0.15) is 13.2 Å². The number of carbonyl (C=O) groups is 1. The molecule has 1 amide bonds. The molecule has 0 saturated carbocycles. The van der Waals surface area contributed by atoms with Crippen LogP contribution in [0.3, 0.4) is 0 Å². The summed E-state index contributed by atoms with van der Waals surface area (Å²) in [6, 6.07) is 4.06. The van der Waals surface area contributed by atoms with Crippen molar-refractivity contribution in [3.63, 3.8) is 0 Å². The molecular weight excluding hydrogens is 273 g/mol. The van der Waals surface area contributed by atoms with Crippen LogP contribution in [0.15, 0.2) is 24.3 Å². The number of amides is 1. The van der Waals surface area contributed by atoms with Crippen molar-refractivity contribution < 1.29 is 22.7 Å². The van der Waals surface area contributed by atoms with Crippen LogP contribution in [0.4, 0.5) is 13.2 Å². The highest BCUT2D eigenvalue weighted by atomic mass is 19.4. The number of carbonyl (C=O) groups excluding carboxylic acids is 1. The Bertz CT molecular complexity index is 449. The largest absolute Gasteiger partial charge is 0.416 e. The number of hydrogen-bond donors (Lipinski definition) is 2. The minimum absolute atomic E-state index is 0.0277. The van der Waals surface area contributed by atoms with Gasteiger partial charge in [-0.15, -0.1) is 0 Å². The van der Waals surface area contributed by atoms with E-state index in [2.05, 4.69) is 5.32 Å². The number of benzene rings is 1. The van der Waals surface area contributed by atoms with Gasteiger partial charge in [-0.25, -0.2) is 0 Å². The fourth-order valence-electron chi connectivity index (χ4n) is 1.61. The molecule has 1 aromatic rings. The van der Waals surface area contributed by atoms with E-state index in [1.165, 1.54) is 19.2 Å². The zero-order chi connectivity index (χ0) is 15.2. The molecule has 7 heteroatoms. The third-order valence-electron chi connectivity index (χ3n) is 2.63. The van der Waals surface area contributed by atoms with Crippen LogP contribution in [-0.4, -0.2) is 32.2 Å². The van der Waals surface area contributed by atoms with Gasteiger partial charge in [0.1, 0.15) is 0 Å². The first-order valence-corrected chi connectivity index (χ1v) is 6.04. The maximum Gasteiger partial charge on any atom is 0.416 e. The first-order chi connectivity index (χ1) is 9.34. The Morgan fingerprint density at radius 3 is 2.75 bits per heavy atom. The second kappa shape index (κ2) is 7.25. The number of nitrogens with one attached hydrogen (secondary N) is 1. The molecule has 0 aliphatic heterocycles. The molecule has 1 atom stereocenters. The van der Waals surface area contributed by atoms with Crippen LogP contribution in [0.1, 0.15) is 22.3 Å². The quantitative estimate of drug-likeness (QED) is 0.839. The van der Waals surface area contributed by atoms with Gasteiger partial charge in [0, 0.05) is 25.3 Å². The molecule has 3 N–H and O–H groups in total. The second-order valence-corrected chi connectivity index (χ2v) is 4.34. The van der Waals surface area contributed by atoms with Crippen molar-refractivity contribution in [2.75, 3.05) is 20.3 Å². The molecule has 1 unspecified atom stereocenters. The standard InChI is InChI=1S/C13H17F3N2O2/c1-20-8-11(17)5-6-18-12(19)9-3-2-4-10(7-9)13(14,15)16/h2-4,7,11H,5-6,8,17H2,1H3,(H,18,19). The Hall–Kier alpha value is -1.60. The highest BCUT2D eigenvalue weighted by molar-refractivity contribution is 5.94. The van der Waals surface area contributed by atoms with Crippen molar-refractivity contribution in [2.24, 2.45) is 5.73 Å². The lowest BCUT2D eigenvalue weighted by atomic mass is 10.1. The van der Waals surface area contributed by atoms with Crippen molar-refractivity contribution in [3.05, 3.63) is 35.4 Å². The molecule has 4 nitrogen and oxygen atoms in total. The molecule has 0 bridgehead atoms. The summed E-state index contributed by atoms with van der Waals surface area (Å²) in [5, 5.41) is 2.53. The lowest BCUT2D eigenvalue weighted by Crippen LogP contribution is -2.33. The number of halogens is 3. The molecule has 0 saturated heterocycles. The van der Waals surface area contributed by atoms with Crippen LogP contribution in [0.25, 0.3) is 0 Å². The molecule has 0 heterocycles. The van der Waals surface area contributed by atoms with Gasteiger partial charge in [0.2, 0.25) is 0 Å². The Balaban J connectivity index is 2.56. The minimum Gasteiger partial charge on any atom is -0.383 e. The Labute approximate surface area is 115 Å². The predicted molar refractivity (Wildman–Crippen MR) is 68.2 cm³/mol. The van der Waals surface area contributed by atoms with E-state index in [0.29, 0.717) is 13.0 Å². The van der Waals surface area contributed by atoms with E-state index in [1.54, 1.807) is 0 Å². The van der Waals surface area contributed by atoms with Crippen molar-refractivity contribution in [1.82, 2.24) is 5.32 Å². The van der Waals surface area contributed by atoms with Crippen molar-refractivity contribution in [3.8, 4) is 0 Å². The Morgan fingerprint density at radius 1 is 1.45 bits per heavy atom. The van der Waals surface area contributed by atoms with Gasteiger partial charge in [0.05, 0.1) is 12.2 Å². The molecule has 0 spiro atoms. The summed E-state index contributed by atoms with van der Waals surface area (Å²) in [5.74, 6) is -0.555. The molecule has 1 rings (SSSR count). The third kappa shape index (κ3) is 5.18. The number of nitrogens with two attached hydrogens (primary N) is 1. The molecule has 112 valence electrons. The highest BCUT2D eigenvalue weighted by Gasteiger charge is 2.30. The van der Waals surface area contributed by atoms with E-state index >= 15 is 0 Å². The van der Waals surface area contributed by atoms with E-state index in [-0.39, 0.29) is 18.2 Å². The summed E-state index contributed by atoms with van der Waals surface area (Å²) in [6.45, 7) is 0.638. The van der Waals surface area contributed by atoms with Gasteiger partial charge in [-0.3, -0.25) is 4.79 Å². The van der Waals surface area contributed by atoms with Gasteiger partial charge in [-0.1, -0.05) is 6.07 Å². The number of methoxy groups -OCH3 is 1. The smallest absolute Gasteiger partial charge is 0.383 e. The summed E-state index contributed by atoms with van der Waals surface area (Å²) in [7, 11) is 1.51. The second-order valence-electron chi connectivity index (χ2n) is 4.34. The SMILES string of the molecule is COCC(N)CCNC(=O)c1cccc(C(F)(F)F)c1. The molecular formula is C13H17F3N2O2. The first-order valence-electron chi connectivity index (χ1n) is 6.04. The topological polar surface area (TPSA) is 64.3 Å². The van der Waals surface area contributed by atoms with Crippen molar-refractivity contribution in [1.29, 1.82) is 0 Å². The van der Waals surface area contributed by atoms with Gasteiger partial charge in [0.15, 0.2) is 0 Å². The minimum atomic E-state index is -4.46. The molecule has 0 aliphatic rings. The number of rotatable bonds is 6. The van der Waals surface area contributed by atoms with Gasteiger partial charge in [-0.05, 0) is 24.6 Å². The maximum atomic E-state index is 12.5. The van der Waals surface area contributed by atoms with E-state index in [0.717, 1.165) is 12.1 Å². The number of ether oxygens (including phenoxy) is 1. The maximum absolute atomic E-state index is 12.5. The fourth-order valence-corrected chi connectivity index (χ4v) is 1.61. The zero-order valence-corrected chi connectivity index (χ0v) is 11.0. The first kappa shape index (κ1) is 16.5. The van der Waals surface area contributed by atoms with E-state index in [9.17, 15) is 18.0 Å². The van der Waals surface area contributed by atoms with Crippen LogP contribution >= 0.6 is 0 Å². The fraction of sp³-hybridized carbons (Fsp3) is 0.462. The van der Waals surface area contributed by atoms with Crippen LogP contribution < -0.4 is 11.1 Å². The highest BCUT2D eigenvalue weighted by Crippen LogP contribution is 2.29. The van der Waals surface area contributed by atoms with E-state index in [4.69, 9.17) is 10.5 Å². The average Bonchev–Trinajstić information content (AvgIpc) is 2.38. The van der Waals surface area contributed by atoms with Crippen LogP contribution in [0.2, 0.25) is 0 Å². The van der Waals surface area contributed by atoms with Crippen molar-refractivity contribution >= 4 is 5.91 Å². The lowest BCUT2D eigenvalue weighted by Gasteiger charge is -2.12. The van der Waals surface area contributed by atoms with Gasteiger partial charge in [0.25, 0.3) is 5.91 Å². The molecule has 0 fully saturated rings.